The van der Waals surface area contributed by atoms with Crippen molar-refractivity contribution >= 4 is 0 Å². The molecule has 2 atom stereocenters. The van der Waals surface area contributed by atoms with E-state index in [0.717, 1.165) is 17.7 Å². The van der Waals surface area contributed by atoms with Crippen molar-refractivity contribution in [2.24, 2.45) is 5.73 Å². The first-order chi connectivity index (χ1) is 7.72. The van der Waals surface area contributed by atoms with Crippen molar-refractivity contribution in [3.8, 4) is 11.8 Å². The highest BCUT2D eigenvalue weighted by Crippen LogP contribution is 2.26. The molecule has 1 aromatic rings. The molecule has 0 bridgehead atoms. The van der Waals surface area contributed by atoms with Gasteiger partial charge in [-0.1, -0.05) is 32.0 Å². The maximum Gasteiger partial charge on any atom is 0.184 e. The molecule has 0 aromatic heterocycles. The summed E-state index contributed by atoms with van der Waals surface area (Å²) in [7, 11) is 0. The van der Waals surface area contributed by atoms with Crippen molar-refractivity contribution in [2.75, 3.05) is 0 Å². The second kappa shape index (κ2) is 6.14. The van der Waals surface area contributed by atoms with Crippen molar-refractivity contribution in [1.82, 2.24) is 0 Å². The summed E-state index contributed by atoms with van der Waals surface area (Å²) < 4.78 is 5.63. The minimum absolute atomic E-state index is 0.0348. The van der Waals surface area contributed by atoms with Crippen molar-refractivity contribution in [3.63, 3.8) is 0 Å². The van der Waals surface area contributed by atoms with E-state index in [1.165, 1.54) is 0 Å². The lowest BCUT2D eigenvalue weighted by Gasteiger charge is -2.17. The molecule has 0 heterocycles. The summed E-state index contributed by atoms with van der Waals surface area (Å²) in [4.78, 5) is 0. The van der Waals surface area contributed by atoms with Gasteiger partial charge in [-0.25, -0.2) is 0 Å². The molecular weight excluding hydrogens is 200 g/mol. The number of para-hydroxylation sites is 1. The van der Waals surface area contributed by atoms with Gasteiger partial charge >= 0.3 is 0 Å². The molecule has 16 heavy (non-hydrogen) atoms. The summed E-state index contributed by atoms with van der Waals surface area (Å²) in [6.07, 6.45) is 1.13. The minimum atomic E-state index is -0.398. The van der Waals surface area contributed by atoms with Crippen LogP contribution in [0.4, 0.5) is 0 Å². The van der Waals surface area contributed by atoms with Gasteiger partial charge < -0.3 is 10.5 Å². The number of nitriles is 1. The standard InChI is InChI=1S/C13H18N2O/c1-3-10(9-14)16-13-8-6-5-7-11(13)12(15)4-2/h5-8,10,12H,3-4,15H2,1-2H3/t10?,12-/m0/s1. The molecule has 0 saturated carbocycles. The third-order valence-corrected chi connectivity index (χ3v) is 2.54. The van der Waals surface area contributed by atoms with Crippen LogP contribution in [0.1, 0.15) is 38.3 Å². The molecule has 0 radical (unpaired) electrons. The van der Waals surface area contributed by atoms with Gasteiger partial charge in [0.1, 0.15) is 11.8 Å². The van der Waals surface area contributed by atoms with E-state index in [1.807, 2.05) is 38.1 Å². The third kappa shape index (κ3) is 2.98. The Morgan fingerprint density at radius 1 is 1.31 bits per heavy atom. The molecule has 1 unspecified atom stereocenters. The average molecular weight is 218 g/mol. The van der Waals surface area contributed by atoms with Crippen LogP contribution in [0.15, 0.2) is 24.3 Å². The lowest BCUT2D eigenvalue weighted by molar-refractivity contribution is 0.248. The molecule has 0 aliphatic rings. The highest BCUT2D eigenvalue weighted by Gasteiger charge is 2.13. The number of nitrogens with two attached hydrogens (primary N) is 1. The molecule has 1 aromatic carbocycles. The predicted molar refractivity (Wildman–Crippen MR) is 64.0 cm³/mol. The molecule has 1 rings (SSSR count). The summed E-state index contributed by atoms with van der Waals surface area (Å²) in [5.41, 5.74) is 6.96. The Hall–Kier alpha value is -1.53. The van der Waals surface area contributed by atoms with Crippen LogP contribution in [0.2, 0.25) is 0 Å². The third-order valence-electron chi connectivity index (χ3n) is 2.54. The lowest BCUT2D eigenvalue weighted by Crippen LogP contribution is -2.16. The highest BCUT2D eigenvalue weighted by molar-refractivity contribution is 5.36. The maximum atomic E-state index is 8.87. The monoisotopic (exact) mass is 218 g/mol. The van der Waals surface area contributed by atoms with Gasteiger partial charge in [0.15, 0.2) is 6.10 Å². The number of hydrogen-bond donors (Lipinski definition) is 1. The molecule has 0 amide bonds. The van der Waals surface area contributed by atoms with Crippen LogP contribution in [0.25, 0.3) is 0 Å². The first kappa shape index (κ1) is 12.5. The first-order valence-electron chi connectivity index (χ1n) is 5.63. The number of hydrogen-bond acceptors (Lipinski definition) is 3. The molecule has 0 aliphatic carbocycles. The molecule has 86 valence electrons. The van der Waals surface area contributed by atoms with Gasteiger partial charge in [-0.2, -0.15) is 5.26 Å². The van der Waals surface area contributed by atoms with Crippen molar-refractivity contribution in [2.45, 2.75) is 38.8 Å². The smallest absolute Gasteiger partial charge is 0.184 e. The Bertz CT molecular complexity index is 370. The van der Waals surface area contributed by atoms with Crippen LogP contribution < -0.4 is 10.5 Å². The predicted octanol–water partition coefficient (Wildman–Crippen LogP) is 2.78. The Kier molecular flexibility index (Phi) is 4.81. The highest BCUT2D eigenvalue weighted by atomic mass is 16.5. The van der Waals surface area contributed by atoms with E-state index in [9.17, 15) is 0 Å². The zero-order chi connectivity index (χ0) is 12.0. The maximum absolute atomic E-state index is 8.87. The number of rotatable bonds is 5. The largest absolute Gasteiger partial charge is 0.475 e. The average Bonchev–Trinajstić information content (AvgIpc) is 2.35. The second-order valence-electron chi connectivity index (χ2n) is 3.70. The van der Waals surface area contributed by atoms with Crippen LogP contribution in [0.3, 0.4) is 0 Å². The summed E-state index contributed by atoms with van der Waals surface area (Å²) >= 11 is 0. The van der Waals surface area contributed by atoms with Gasteiger partial charge in [0.25, 0.3) is 0 Å². The topological polar surface area (TPSA) is 59.0 Å². The number of nitrogens with zero attached hydrogens (tertiary/aromatic N) is 1. The molecular formula is C13H18N2O. The van der Waals surface area contributed by atoms with Crippen LogP contribution in [-0.2, 0) is 0 Å². The van der Waals surface area contributed by atoms with Crippen molar-refractivity contribution in [1.29, 1.82) is 5.26 Å². The lowest BCUT2D eigenvalue weighted by atomic mass is 10.0. The van der Waals surface area contributed by atoms with Crippen molar-refractivity contribution in [3.05, 3.63) is 29.8 Å². The summed E-state index contributed by atoms with van der Waals surface area (Å²) in [6.45, 7) is 3.96. The van der Waals surface area contributed by atoms with Crippen LogP contribution >= 0.6 is 0 Å². The van der Waals surface area contributed by atoms with E-state index < -0.39 is 6.10 Å². The fraction of sp³-hybridized carbons (Fsp3) is 0.462. The minimum Gasteiger partial charge on any atom is -0.475 e. The fourth-order valence-corrected chi connectivity index (χ4v) is 1.47. The Labute approximate surface area is 96.8 Å². The van der Waals surface area contributed by atoms with Gasteiger partial charge in [-0.3, -0.25) is 0 Å². The SMILES string of the molecule is CCC(C#N)Oc1ccccc1[C@@H](N)CC. The van der Waals surface area contributed by atoms with Gasteiger partial charge in [-0.05, 0) is 18.9 Å². The molecule has 2 N–H and O–H groups in total. The van der Waals surface area contributed by atoms with Gasteiger partial charge in [0, 0.05) is 11.6 Å². The summed E-state index contributed by atoms with van der Waals surface area (Å²) in [5, 5.41) is 8.87. The van der Waals surface area contributed by atoms with E-state index >= 15 is 0 Å². The van der Waals surface area contributed by atoms with Crippen LogP contribution in [0.5, 0.6) is 5.75 Å². The number of ether oxygens (including phenoxy) is 1. The Morgan fingerprint density at radius 3 is 2.56 bits per heavy atom. The van der Waals surface area contributed by atoms with E-state index in [1.54, 1.807) is 0 Å². The molecule has 0 aliphatic heterocycles. The van der Waals surface area contributed by atoms with E-state index in [4.69, 9.17) is 15.7 Å². The summed E-state index contributed by atoms with van der Waals surface area (Å²) in [5.74, 6) is 0.727. The van der Waals surface area contributed by atoms with Gasteiger partial charge in [-0.15, -0.1) is 0 Å². The first-order valence-corrected chi connectivity index (χ1v) is 5.63. The van der Waals surface area contributed by atoms with E-state index in [-0.39, 0.29) is 6.04 Å². The zero-order valence-electron chi connectivity index (χ0n) is 9.81. The fourth-order valence-electron chi connectivity index (χ4n) is 1.47. The van der Waals surface area contributed by atoms with E-state index in [2.05, 4.69) is 6.07 Å². The Balaban J connectivity index is 2.91. The van der Waals surface area contributed by atoms with Crippen molar-refractivity contribution < 1.29 is 4.74 Å². The number of benzene rings is 1. The van der Waals surface area contributed by atoms with Crippen LogP contribution in [0, 0.1) is 11.3 Å². The molecule has 0 saturated heterocycles. The summed E-state index contributed by atoms with van der Waals surface area (Å²) in [6, 6.07) is 9.73. The molecule has 0 fully saturated rings. The zero-order valence-corrected chi connectivity index (χ0v) is 9.81. The van der Waals surface area contributed by atoms with Gasteiger partial charge in [0.2, 0.25) is 0 Å². The van der Waals surface area contributed by atoms with Crippen LogP contribution in [-0.4, -0.2) is 6.10 Å². The second-order valence-corrected chi connectivity index (χ2v) is 3.70. The normalized spacial score (nSPS) is 13.9. The Morgan fingerprint density at radius 2 is 2.00 bits per heavy atom. The molecule has 3 nitrogen and oxygen atoms in total. The van der Waals surface area contributed by atoms with E-state index in [0.29, 0.717) is 6.42 Å². The molecule has 3 heteroatoms. The quantitative estimate of drug-likeness (QED) is 0.826. The molecule has 0 spiro atoms. The van der Waals surface area contributed by atoms with Gasteiger partial charge in [0.05, 0.1) is 0 Å².